The minimum absolute atomic E-state index is 0.234. The third kappa shape index (κ3) is 4.43. The second kappa shape index (κ2) is 6.77. The van der Waals surface area contributed by atoms with Crippen LogP contribution in [0.2, 0.25) is 0 Å². The van der Waals surface area contributed by atoms with E-state index in [9.17, 15) is 5.11 Å². The maximum atomic E-state index is 10.4. The summed E-state index contributed by atoms with van der Waals surface area (Å²) in [5, 5.41) is 10.4. The summed E-state index contributed by atoms with van der Waals surface area (Å²) in [7, 11) is 1.65. The van der Waals surface area contributed by atoms with Crippen molar-refractivity contribution in [2.75, 3.05) is 39.8 Å². The number of piperazine rings is 1. The van der Waals surface area contributed by atoms with Crippen molar-refractivity contribution in [3.05, 3.63) is 29.8 Å². The first-order chi connectivity index (χ1) is 9.90. The summed E-state index contributed by atoms with van der Waals surface area (Å²) < 4.78 is 5.22. The van der Waals surface area contributed by atoms with Gasteiger partial charge in [0.2, 0.25) is 0 Å². The topological polar surface area (TPSA) is 35.9 Å². The van der Waals surface area contributed by atoms with Crippen molar-refractivity contribution in [1.82, 2.24) is 9.80 Å². The van der Waals surface area contributed by atoms with E-state index in [4.69, 9.17) is 4.74 Å². The first kappa shape index (κ1) is 16.3. The van der Waals surface area contributed by atoms with Gasteiger partial charge in [0.15, 0.2) is 0 Å². The van der Waals surface area contributed by atoms with Crippen LogP contribution < -0.4 is 4.74 Å². The normalized spacial score (nSPS) is 19.5. The molecule has 0 amide bonds. The summed E-state index contributed by atoms with van der Waals surface area (Å²) in [5.41, 5.74) is 1.16. The molecule has 0 spiro atoms. The molecular formula is C17H28N2O2. The molecule has 1 aliphatic rings. The van der Waals surface area contributed by atoms with E-state index >= 15 is 0 Å². The lowest BCUT2D eigenvalue weighted by atomic mass is 10.0. The molecule has 1 aromatic carbocycles. The van der Waals surface area contributed by atoms with Gasteiger partial charge in [0.05, 0.1) is 13.2 Å². The van der Waals surface area contributed by atoms with Gasteiger partial charge < -0.3 is 9.84 Å². The van der Waals surface area contributed by atoms with Gasteiger partial charge in [-0.3, -0.25) is 9.80 Å². The number of benzene rings is 1. The third-order valence-corrected chi connectivity index (χ3v) is 4.23. The van der Waals surface area contributed by atoms with Gasteiger partial charge in [-0.05, 0) is 38.5 Å². The number of methoxy groups -OCH3 is 1. The van der Waals surface area contributed by atoms with E-state index in [1.54, 1.807) is 7.11 Å². The number of rotatable bonds is 4. The van der Waals surface area contributed by atoms with Crippen LogP contribution in [-0.2, 0) is 0 Å². The SMILES string of the molecule is COc1cccc(C(O)CN2CCN(C(C)(C)C)CC2)c1. The highest BCUT2D eigenvalue weighted by Crippen LogP contribution is 2.21. The zero-order valence-corrected chi connectivity index (χ0v) is 13.7. The van der Waals surface area contributed by atoms with E-state index in [1.165, 1.54) is 0 Å². The molecule has 1 aromatic rings. The fraction of sp³-hybridized carbons (Fsp3) is 0.647. The molecule has 0 aliphatic carbocycles. The summed E-state index contributed by atoms with van der Waals surface area (Å²) in [4.78, 5) is 4.84. The number of nitrogens with zero attached hydrogens (tertiary/aromatic N) is 2. The monoisotopic (exact) mass is 292 g/mol. The van der Waals surface area contributed by atoms with Gasteiger partial charge in [0, 0.05) is 38.3 Å². The molecule has 0 radical (unpaired) electrons. The first-order valence-electron chi connectivity index (χ1n) is 7.69. The first-order valence-corrected chi connectivity index (χ1v) is 7.69. The van der Waals surface area contributed by atoms with Gasteiger partial charge in [-0.2, -0.15) is 0 Å². The Balaban J connectivity index is 1.88. The molecule has 1 unspecified atom stereocenters. The molecule has 118 valence electrons. The highest BCUT2D eigenvalue weighted by atomic mass is 16.5. The minimum Gasteiger partial charge on any atom is -0.497 e. The van der Waals surface area contributed by atoms with E-state index in [2.05, 4.69) is 30.6 Å². The van der Waals surface area contributed by atoms with Crippen LogP contribution in [0.4, 0.5) is 0 Å². The average Bonchev–Trinajstić information content (AvgIpc) is 2.47. The van der Waals surface area contributed by atoms with Crippen LogP contribution in [0.25, 0.3) is 0 Å². The van der Waals surface area contributed by atoms with Gasteiger partial charge in [-0.25, -0.2) is 0 Å². The van der Waals surface area contributed by atoms with E-state index < -0.39 is 6.10 Å². The molecular weight excluding hydrogens is 264 g/mol. The molecule has 0 saturated carbocycles. The number of β-amino-alcohol motifs (C(OH)–C–C–N with tert-alkyl or cyclic N) is 1. The molecule has 1 saturated heterocycles. The quantitative estimate of drug-likeness (QED) is 0.922. The molecule has 0 aromatic heterocycles. The molecule has 21 heavy (non-hydrogen) atoms. The highest BCUT2D eigenvalue weighted by molar-refractivity contribution is 5.29. The largest absolute Gasteiger partial charge is 0.497 e. The van der Waals surface area contributed by atoms with Crippen LogP contribution in [0.15, 0.2) is 24.3 Å². The van der Waals surface area contributed by atoms with Crippen LogP contribution >= 0.6 is 0 Å². The second-order valence-electron chi connectivity index (χ2n) is 6.75. The fourth-order valence-corrected chi connectivity index (χ4v) is 2.80. The van der Waals surface area contributed by atoms with Gasteiger partial charge in [-0.15, -0.1) is 0 Å². The molecule has 1 fully saturated rings. The molecule has 0 bridgehead atoms. The Labute approximate surface area is 128 Å². The van der Waals surface area contributed by atoms with E-state index in [-0.39, 0.29) is 5.54 Å². The summed E-state index contributed by atoms with van der Waals surface area (Å²) in [6, 6.07) is 7.70. The van der Waals surface area contributed by atoms with Crippen LogP contribution in [0.3, 0.4) is 0 Å². The minimum atomic E-state index is -0.457. The summed E-state index contributed by atoms with van der Waals surface area (Å²) in [6.45, 7) is 11.6. The molecule has 1 aliphatic heterocycles. The van der Waals surface area contributed by atoms with Crippen molar-refractivity contribution >= 4 is 0 Å². The maximum Gasteiger partial charge on any atom is 0.119 e. The molecule has 4 nitrogen and oxygen atoms in total. The van der Waals surface area contributed by atoms with Crippen molar-refractivity contribution in [2.24, 2.45) is 0 Å². The van der Waals surface area contributed by atoms with Gasteiger partial charge >= 0.3 is 0 Å². The Morgan fingerprint density at radius 2 is 1.86 bits per heavy atom. The zero-order chi connectivity index (χ0) is 15.5. The molecule has 1 N–H and O–H groups in total. The zero-order valence-electron chi connectivity index (χ0n) is 13.7. The molecule has 2 rings (SSSR count). The van der Waals surface area contributed by atoms with E-state index in [0.717, 1.165) is 37.5 Å². The number of ether oxygens (including phenoxy) is 1. The average molecular weight is 292 g/mol. The lowest BCUT2D eigenvalue weighted by Crippen LogP contribution is -2.53. The van der Waals surface area contributed by atoms with Gasteiger partial charge in [-0.1, -0.05) is 12.1 Å². The Morgan fingerprint density at radius 1 is 1.19 bits per heavy atom. The summed E-state index contributed by atoms with van der Waals surface area (Å²) in [6.07, 6.45) is -0.457. The van der Waals surface area contributed by atoms with E-state index in [1.807, 2.05) is 24.3 Å². The van der Waals surface area contributed by atoms with Crippen LogP contribution in [0.5, 0.6) is 5.75 Å². The lowest BCUT2D eigenvalue weighted by molar-refractivity contribution is 0.0362. The summed E-state index contributed by atoms with van der Waals surface area (Å²) >= 11 is 0. The predicted molar refractivity (Wildman–Crippen MR) is 85.7 cm³/mol. The Kier molecular flexibility index (Phi) is 5.25. The van der Waals surface area contributed by atoms with Crippen molar-refractivity contribution in [3.63, 3.8) is 0 Å². The Morgan fingerprint density at radius 3 is 2.43 bits per heavy atom. The van der Waals surface area contributed by atoms with Gasteiger partial charge in [0.1, 0.15) is 5.75 Å². The van der Waals surface area contributed by atoms with Crippen molar-refractivity contribution in [1.29, 1.82) is 0 Å². The highest BCUT2D eigenvalue weighted by Gasteiger charge is 2.26. The predicted octanol–water partition coefficient (Wildman–Crippen LogP) is 2.14. The maximum absolute atomic E-state index is 10.4. The third-order valence-electron chi connectivity index (χ3n) is 4.23. The lowest BCUT2D eigenvalue weighted by Gasteiger charge is -2.42. The summed E-state index contributed by atoms with van der Waals surface area (Å²) in [5.74, 6) is 0.795. The van der Waals surface area contributed by atoms with Crippen LogP contribution in [0, 0.1) is 0 Å². The Bertz CT molecular complexity index is 448. The van der Waals surface area contributed by atoms with Crippen molar-refractivity contribution < 1.29 is 9.84 Å². The molecule has 4 heteroatoms. The molecule has 1 heterocycles. The van der Waals surface area contributed by atoms with Crippen LogP contribution in [-0.4, -0.2) is 60.3 Å². The second-order valence-corrected chi connectivity index (χ2v) is 6.75. The number of aliphatic hydroxyl groups excluding tert-OH is 1. The van der Waals surface area contributed by atoms with Crippen LogP contribution in [0.1, 0.15) is 32.4 Å². The number of hydrogen-bond donors (Lipinski definition) is 1. The van der Waals surface area contributed by atoms with Crippen molar-refractivity contribution in [3.8, 4) is 5.75 Å². The van der Waals surface area contributed by atoms with E-state index in [0.29, 0.717) is 6.54 Å². The van der Waals surface area contributed by atoms with Crippen molar-refractivity contribution in [2.45, 2.75) is 32.4 Å². The fourth-order valence-electron chi connectivity index (χ4n) is 2.80. The standard InChI is InChI=1S/C17H28N2O2/c1-17(2,3)19-10-8-18(9-11-19)13-16(20)14-6-5-7-15(12-14)21-4/h5-7,12,16,20H,8-11,13H2,1-4H3. The van der Waals surface area contributed by atoms with Gasteiger partial charge in [0.25, 0.3) is 0 Å². The molecule has 1 atom stereocenters. The smallest absolute Gasteiger partial charge is 0.119 e. The Hall–Kier alpha value is -1.10. The number of hydrogen-bond acceptors (Lipinski definition) is 4. The number of aliphatic hydroxyl groups is 1.